The van der Waals surface area contributed by atoms with E-state index in [-0.39, 0.29) is 23.8 Å². The number of carbonyl (C=O) groups is 2. The van der Waals surface area contributed by atoms with E-state index in [0.717, 1.165) is 22.6 Å². The Kier molecular flexibility index (Phi) is 5.26. The lowest BCUT2D eigenvalue weighted by atomic mass is 9.83. The molecule has 0 aliphatic carbocycles. The number of rotatable bonds is 4. The first kappa shape index (κ1) is 18.0. The summed E-state index contributed by atoms with van der Waals surface area (Å²) in [5.41, 5.74) is 2.87. The maximum absolute atomic E-state index is 12.8. The summed E-state index contributed by atoms with van der Waals surface area (Å²) in [5, 5.41) is 2.75. The van der Waals surface area contributed by atoms with Gasteiger partial charge in [-0.05, 0) is 43.2 Å². The molecule has 2 aromatic rings. The van der Waals surface area contributed by atoms with Crippen LogP contribution in [0.4, 0.5) is 5.69 Å². The molecule has 1 N–H and O–H groups in total. The van der Waals surface area contributed by atoms with E-state index in [9.17, 15) is 9.59 Å². The molecule has 0 bridgehead atoms. The van der Waals surface area contributed by atoms with Crippen LogP contribution in [0.25, 0.3) is 0 Å². The fourth-order valence-corrected chi connectivity index (χ4v) is 3.54. The fourth-order valence-electron chi connectivity index (χ4n) is 3.54. The standard InChI is InChI=1S/C21H24N2O3/c1-14-4-8-16(9-5-14)23-19(24)13-12-18(21(25)22-2)20(23)15-6-10-17(26-3)11-7-15/h4-11,18,20H,12-13H2,1-3H3,(H,22,25). The summed E-state index contributed by atoms with van der Waals surface area (Å²) in [4.78, 5) is 27.1. The minimum Gasteiger partial charge on any atom is -0.497 e. The van der Waals surface area contributed by atoms with Crippen molar-refractivity contribution in [3.8, 4) is 5.75 Å². The van der Waals surface area contributed by atoms with Gasteiger partial charge in [0.25, 0.3) is 0 Å². The summed E-state index contributed by atoms with van der Waals surface area (Å²) in [6.07, 6.45) is 0.899. The quantitative estimate of drug-likeness (QED) is 0.919. The van der Waals surface area contributed by atoms with Crippen LogP contribution in [0.1, 0.15) is 30.0 Å². The molecule has 1 aliphatic heterocycles. The van der Waals surface area contributed by atoms with Gasteiger partial charge >= 0.3 is 0 Å². The van der Waals surface area contributed by atoms with Crippen LogP contribution in [-0.4, -0.2) is 26.0 Å². The van der Waals surface area contributed by atoms with Crippen molar-refractivity contribution in [2.24, 2.45) is 5.92 Å². The first-order valence-electron chi connectivity index (χ1n) is 8.79. The Balaban J connectivity index is 2.08. The second kappa shape index (κ2) is 7.60. The van der Waals surface area contributed by atoms with Gasteiger partial charge in [0.1, 0.15) is 5.75 Å². The summed E-state index contributed by atoms with van der Waals surface area (Å²) < 4.78 is 5.24. The third kappa shape index (κ3) is 3.43. The zero-order valence-electron chi connectivity index (χ0n) is 15.4. The lowest BCUT2D eigenvalue weighted by Gasteiger charge is -2.40. The Morgan fingerprint density at radius 1 is 1.12 bits per heavy atom. The summed E-state index contributed by atoms with van der Waals surface area (Å²) in [6.45, 7) is 2.01. The highest BCUT2D eigenvalue weighted by Gasteiger charge is 2.41. The van der Waals surface area contributed by atoms with Crippen molar-refractivity contribution in [2.75, 3.05) is 19.1 Å². The van der Waals surface area contributed by atoms with Gasteiger partial charge in [0.05, 0.1) is 19.1 Å². The molecule has 1 heterocycles. The van der Waals surface area contributed by atoms with Crippen LogP contribution < -0.4 is 15.0 Å². The van der Waals surface area contributed by atoms with Gasteiger partial charge < -0.3 is 15.0 Å². The Bertz CT molecular complexity index is 784. The molecule has 2 atom stereocenters. The number of benzene rings is 2. The number of ether oxygens (including phenoxy) is 1. The minimum absolute atomic E-state index is 0.0369. The molecular weight excluding hydrogens is 328 g/mol. The predicted octanol–water partition coefficient (Wildman–Crippen LogP) is 3.23. The number of nitrogens with one attached hydrogen (secondary N) is 1. The Morgan fingerprint density at radius 2 is 1.77 bits per heavy atom. The minimum atomic E-state index is -0.343. The molecule has 2 amide bonds. The first-order chi connectivity index (χ1) is 12.5. The number of amides is 2. The van der Waals surface area contributed by atoms with Crippen molar-refractivity contribution in [1.82, 2.24) is 5.32 Å². The summed E-state index contributed by atoms with van der Waals surface area (Å²) in [5.74, 6) is 0.437. The van der Waals surface area contributed by atoms with Gasteiger partial charge in [0, 0.05) is 19.2 Å². The third-order valence-electron chi connectivity index (χ3n) is 4.95. The van der Waals surface area contributed by atoms with Crippen LogP contribution in [0.5, 0.6) is 5.75 Å². The van der Waals surface area contributed by atoms with E-state index in [1.165, 1.54) is 0 Å². The van der Waals surface area contributed by atoms with Gasteiger partial charge in [0.15, 0.2) is 0 Å². The molecular formula is C21H24N2O3. The highest BCUT2D eigenvalue weighted by atomic mass is 16.5. The number of nitrogens with zero attached hydrogens (tertiary/aromatic N) is 1. The summed E-state index contributed by atoms with van der Waals surface area (Å²) in [7, 11) is 3.26. The van der Waals surface area contributed by atoms with E-state index in [2.05, 4.69) is 5.32 Å². The molecule has 0 aromatic heterocycles. The number of hydrogen-bond acceptors (Lipinski definition) is 3. The smallest absolute Gasteiger partial charge is 0.227 e. The van der Waals surface area contributed by atoms with Gasteiger partial charge in [-0.2, -0.15) is 0 Å². The van der Waals surface area contributed by atoms with Gasteiger partial charge in [-0.25, -0.2) is 0 Å². The highest BCUT2D eigenvalue weighted by molar-refractivity contribution is 5.97. The lowest BCUT2D eigenvalue weighted by molar-refractivity contribution is -0.128. The molecule has 1 aliphatic rings. The van der Waals surface area contributed by atoms with E-state index in [1.54, 1.807) is 19.1 Å². The molecule has 1 fully saturated rings. The molecule has 26 heavy (non-hydrogen) atoms. The van der Waals surface area contributed by atoms with E-state index in [4.69, 9.17) is 4.74 Å². The second-order valence-corrected chi connectivity index (χ2v) is 6.58. The van der Waals surface area contributed by atoms with Crippen LogP contribution in [0.2, 0.25) is 0 Å². The lowest BCUT2D eigenvalue weighted by Crippen LogP contribution is -2.47. The van der Waals surface area contributed by atoms with Crippen LogP contribution in [0.15, 0.2) is 48.5 Å². The Morgan fingerprint density at radius 3 is 2.35 bits per heavy atom. The number of hydrogen-bond donors (Lipinski definition) is 1. The number of anilines is 1. The van der Waals surface area contributed by atoms with Crippen LogP contribution in [-0.2, 0) is 9.59 Å². The van der Waals surface area contributed by atoms with Crippen LogP contribution in [0, 0.1) is 12.8 Å². The molecule has 5 nitrogen and oxygen atoms in total. The number of carbonyl (C=O) groups excluding carboxylic acids is 2. The van der Waals surface area contributed by atoms with Crippen molar-refractivity contribution in [1.29, 1.82) is 0 Å². The number of piperidine rings is 1. The third-order valence-corrected chi connectivity index (χ3v) is 4.95. The average molecular weight is 352 g/mol. The predicted molar refractivity (Wildman–Crippen MR) is 101 cm³/mol. The summed E-state index contributed by atoms with van der Waals surface area (Å²) >= 11 is 0. The van der Waals surface area contributed by atoms with Gasteiger partial charge in [-0.3, -0.25) is 9.59 Å². The van der Waals surface area contributed by atoms with Crippen LogP contribution >= 0.6 is 0 Å². The Labute approximate surface area is 154 Å². The van der Waals surface area contributed by atoms with E-state index < -0.39 is 0 Å². The number of aryl methyl sites for hydroxylation is 1. The SMILES string of the molecule is CNC(=O)C1CCC(=O)N(c2ccc(C)cc2)C1c1ccc(OC)cc1. The van der Waals surface area contributed by atoms with E-state index in [1.807, 2.05) is 55.5 Å². The highest BCUT2D eigenvalue weighted by Crippen LogP contribution is 2.40. The zero-order valence-corrected chi connectivity index (χ0v) is 15.4. The van der Waals surface area contributed by atoms with Gasteiger partial charge in [-0.1, -0.05) is 29.8 Å². The second-order valence-electron chi connectivity index (χ2n) is 6.58. The van der Waals surface area contributed by atoms with Crippen LogP contribution in [0.3, 0.4) is 0 Å². The van der Waals surface area contributed by atoms with Crippen molar-refractivity contribution in [3.05, 3.63) is 59.7 Å². The molecule has 136 valence electrons. The topological polar surface area (TPSA) is 58.6 Å². The number of methoxy groups -OCH3 is 1. The van der Waals surface area contributed by atoms with Crippen molar-refractivity contribution >= 4 is 17.5 Å². The first-order valence-corrected chi connectivity index (χ1v) is 8.79. The molecule has 0 spiro atoms. The van der Waals surface area contributed by atoms with Gasteiger partial charge in [0.2, 0.25) is 11.8 Å². The largest absolute Gasteiger partial charge is 0.497 e. The zero-order chi connectivity index (χ0) is 18.7. The van der Waals surface area contributed by atoms with E-state index >= 15 is 0 Å². The molecule has 2 unspecified atom stereocenters. The normalized spacial score (nSPS) is 20.0. The van der Waals surface area contributed by atoms with E-state index in [0.29, 0.717) is 12.8 Å². The molecule has 0 radical (unpaired) electrons. The average Bonchev–Trinajstić information content (AvgIpc) is 2.68. The molecule has 1 saturated heterocycles. The molecule has 5 heteroatoms. The Hall–Kier alpha value is -2.82. The van der Waals surface area contributed by atoms with Gasteiger partial charge in [-0.15, -0.1) is 0 Å². The fraction of sp³-hybridized carbons (Fsp3) is 0.333. The maximum atomic E-state index is 12.8. The molecule has 2 aromatic carbocycles. The van der Waals surface area contributed by atoms with Crippen molar-refractivity contribution in [2.45, 2.75) is 25.8 Å². The maximum Gasteiger partial charge on any atom is 0.227 e. The molecule has 0 saturated carbocycles. The summed E-state index contributed by atoms with van der Waals surface area (Å²) in [6, 6.07) is 15.1. The van der Waals surface area contributed by atoms with Crippen molar-refractivity contribution < 1.29 is 14.3 Å². The molecule has 3 rings (SSSR count). The van der Waals surface area contributed by atoms with Crippen molar-refractivity contribution in [3.63, 3.8) is 0 Å². The monoisotopic (exact) mass is 352 g/mol.